The molecule has 0 amide bonds. The van der Waals surface area contributed by atoms with E-state index in [1.165, 1.54) is 0 Å². The molecule has 0 radical (unpaired) electrons. The van der Waals surface area contributed by atoms with E-state index in [0.29, 0.717) is 23.3 Å². The molecule has 0 unspecified atom stereocenters. The van der Waals surface area contributed by atoms with E-state index < -0.39 is 9.84 Å². The third-order valence-corrected chi connectivity index (χ3v) is 4.29. The fraction of sp³-hybridized carbons (Fsp3) is 1.00. The van der Waals surface area contributed by atoms with Gasteiger partial charge in [-0.05, 0) is 24.7 Å². The zero-order chi connectivity index (χ0) is 11.9. The van der Waals surface area contributed by atoms with Gasteiger partial charge in [0.25, 0.3) is 0 Å². The number of hydrogen-bond acceptors (Lipinski definition) is 2. The summed E-state index contributed by atoms with van der Waals surface area (Å²) in [4.78, 5) is 0. The third kappa shape index (κ3) is 10.2. The molecule has 0 aliphatic carbocycles. The van der Waals surface area contributed by atoms with Crippen LogP contribution in [-0.4, -0.2) is 19.9 Å². The lowest BCUT2D eigenvalue weighted by molar-refractivity contribution is 0.548. The summed E-state index contributed by atoms with van der Waals surface area (Å²) in [6, 6.07) is 0. The predicted octanol–water partition coefficient (Wildman–Crippen LogP) is 3.27. The van der Waals surface area contributed by atoms with Crippen molar-refractivity contribution in [2.24, 2.45) is 11.8 Å². The van der Waals surface area contributed by atoms with Gasteiger partial charge in [0.05, 0.1) is 11.5 Å². The third-order valence-electron chi connectivity index (χ3n) is 2.47. The largest absolute Gasteiger partial charge is 0.229 e. The molecule has 0 aromatic carbocycles. The van der Waals surface area contributed by atoms with Crippen molar-refractivity contribution in [3.05, 3.63) is 0 Å². The van der Waals surface area contributed by atoms with Gasteiger partial charge in [-0.3, -0.25) is 0 Å². The fourth-order valence-corrected chi connectivity index (χ4v) is 2.94. The molecular weight excluding hydrogens is 208 g/mol. The van der Waals surface area contributed by atoms with Crippen LogP contribution in [0.1, 0.15) is 53.4 Å². The molecule has 0 saturated carbocycles. The number of sulfone groups is 1. The van der Waals surface area contributed by atoms with Gasteiger partial charge in [0, 0.05) is 0 Å². The minimum absolute atomic E-state index is 0.378. The van der Waals surface area contributed by atoms with Gasteiger partial charge in [-0.2, -0.15) is 0 Å². The molecule has 3 heteroatoms. The summed E-state index contributed by atoms with van der Waals surface area (Å²) in [7, 11) is -2.77. The van der Waals surface area contributed by atoms with E-state index >= 15 is 0 Å². The molecule has 2 nitrogen and oxygen atoms in total. The molecule has 0 spiro atoms. The van der Waals surface area contributed by atoms with Crippen LogP contribution >= 0.6 is 0 Å². The molecule has 0 aliphatic heterocycles. The molecule has 92 valence electrons. The van der Waals surface area contributed by atoms with Crippen LogP contribution in [0.4, 0.5) is 0 Å². The first-order chi connectivity index (χ1) is 6.83. The van der Waals surface area contributed by atoms with Gasteiger partial charge in [-0.25, -0.2) is 8.42 Å². The number of hydrogen-bond donors (Lipinski definition) is 0. The molecule has 15 heavy (non-hydrogen) atoms. The summed E-state index contributed by atoms with van der Waals surface area (Å²) in [5.74, 6) is 1.97. The summed E-state index contributed by atoms with van der Waals surface area (Å²) in [6.45, 7) is 8.52. The van der Waals surface area contributed by atoms with Gasteiger partial charge < -0.3 is 0 Å². The van der Waals surface area contributed by atoms with E-state index in [2.05, 4.69) is 27.7 Å². The number of rotatable bonds is 8. The van der Waals surface area contributed by atoms with Gasteiger partial charge in [0.1, 0.15) is 9.84 Å². The Kier molecular flexibility index (Phi) is 7.24. The van der Waals surface area contributed by atoms with Crippen molar-refractivity contribution in [1.82, 2.24) is 0 Å². The van der Waals surface area contributed by atoms with Crippen molar-refractivity contribution in [3.8, 4) is 0 Å². The van der Waals surface area contributed by atoms with Gasteiger partial charge in [0.15, 0.2) is 0 Å². The van der Waals surface area contributed by atoms with Crippen LogP contribution in [0.5, 0.6) is 0 Å². The smallest absolute Gasteiger partial charge is 0.150 e. The Morgan fingerprint density at radius 2 is 1.13 bits per heavy atom. The highest BCUT2D eigenvalue weighted by Crippen LogP contribution is 2.09. The van der Waals surface area contributed by atoms with Crippen LogP contribution in [0.2, 0.25) is 0 Å². The van der Waals surface area contributed by atoms with Crippen molar-refractivity contribution < 1.29 is 8.42 Å². The molecule has 0 saturated heterocycles. The Labute approximate surface area is 95.4 Å². The van der Waals surface area contributed by atoms with E-state index in [-0.39, 0.29) is 0 Å². The SMILES string of the molecule is CC(C)CCCS(=O)(=O)CCCC(C)C. The van der Waals surface area contributed by atoms with Crippen molar-refractivity contribution >= 4 is 9.84 Å². The molecular formula is C12H26O2S. The molecule has 0 atom stereocenters. The van der Waals surface area contributed by atoms with Gasteiger partial charge >= 0.3 is 0 Å². The molecule has 0 aromatic heterocycles. The van der Waals surface area contributed by atoms with E-state index in [4.69, 9.17) is 0 Å². The quantitative estimate of drug-likeness (QED) is 0.646. The van der Waals surface area contributed by atoms with Crippen LogP contribution in [0.25, 0.3) is 0 Å². The van der Waals surface area contributed by atoms with Gasteiger partial charge in [-0.1, -0.05) is 40.5 Å². The van der Waals surface area contributed by atoms with E-state index in [1.807, 2.05) is 0 Å². The maximum absolute atomic E-state index is 11.6. The first-order valence-electron chi connectivity index (χ1n) is 6.04. The van der Waals surface area contributed by atoms with Crippen molar-refractivity contribution in [2.75, 3.05) is 11.5 Å². The van der Waals surface area contributed by atoms with Gasteiger partial charge in [0.2, 0.25) is 0 Å². The second-order valence-corrected chi connectivity index (χ2v) is 7.53. The standard InChI is InChI=1S/C12H26O2S/c1-11(2)7-5-9-15(13,14)10-6-8-12(3)4/h11-12H,5-10H2,1-4H3. The highest BCUT2D eigenvalue weighted by Gasteiger charge is 2.10. The van der Waals surface area contributed by atoms with Crippen LogP contribution < -0.4 is 0 Å². The van der Waals surface area contributed by atoms with Crippen LogP contribution in [0.3, 0.4) is 0 Å². The van der Waals surface area contributed by atoms with Crippen molar-refractivity contribution in [1.29, 1.82) is 0 Å². The van der Waals surface area contributed by atoms with E-state index in [1.54, 1.807) is 0 Å². The summed E-state index contributed by atoms with van der Waals surface area (Å²) in [5.41, 5.74) is 0. The second kappa shape index (κ2) is 7.26. The van der Waals surface area contributed by atoms with Gasteiger partial charge in [-0.15, -0.1) is 0 Å². The molecule has 0 rings (SSSR count). The first-order valence-corrected chi connectivity index (χ1v) is 7.86. The highest BCUT2D eigenvalue weighted by atomic mass is 32.2. The lowest BCUT2D eigenvalue weighted by Crippen LogP contribution is -2.12. The molecule has 0 N–H and O–H groups in total. The van der Waals surface area contributed by atoms with Crippen molar-refractivity contribution in [2.45, 2.75) is 53.4 Å². The maximum Gasteiger partial charge on any atom is 0.150 e. The fourth-order valence-electron chi connectivity index (χ4n) is 1.53. The molecule has 0 aliphatic rings. The average molecular weight is 234 g/mol. The van der Waals surface area contributed by atoms with Crippen LogP contribution in [0.15, 0.2) is 0 Å². The molecule has 0 bridgehead atoms. The first kappa shape index (κ1) is 14.9. The zero-order valence-corrected chi connectivity index (χ0v) is 11.4. The normalized spacial score (nSPS) is 12.7. The zero-order valence-electron chi connectivity index (χ0n) is 10.6. The predicted molar refractivity (Wildman–Crippen MR) is 66.8 cm³/mol. The highest BCUT2D eigenvalue weighted by molar-refractivity contribution is 7.91. The maximum atomic E-state index is 11.6. The average Bonchev–Trinajstić information content (AvgIpc) is 2.01. The Morgan fingerprint density at radius 3 is 1.40 bits per heavy atom. The lowest BCUT2D eigenvalue weighted by Gasteiger charge is -2.07. The van der Waals surface area contributed by atoms with E-state index in [9.17, 15) is 8.42 Å². The summed E-state index contributed by atoms with van der Waals surface area (Å²) < 4.78 is 23.2. The Hall–Kier alpha value is -0.0500. The Morgan fingerprint density at radius 1 is 0.800 bits per heavy atom. The molecule has 0 aromatic rings. The monoisotopic (exact) mass is 234 g/mol. The van der Waals surface area contributed by atoms with Crippen molar-refractivity contribution in [3.63, 3.8) is 0 Å². The molecule has 0 fully saturated rings. The summed E-state index contributed by atoms with van der Waals surface area (Å²) >= 11 is 0. The molecule has 0 heterocycles. The lowest BCUT2D eigenvalue weighted by atomic mass is 10.1. The topological polar surface area (TPSA) is 34.1 Å². The Balaban J connectivity index is 3.68. The summed E-state index contributed by atoms with van der Waals surface area (Å²) in [6.07, 6.45) is 3.68. The minimum Gasteiger partial charge on any atom is -0.229 e. The second-order valence-electron chi connectivity index (χ2n) is 5.22. The Bertz CT molecular complexity index is 220. The van der Waals surface area contributed by atoms with Crippen LogP contribution in [-0.2, 0) is 9.84 Å². The van der Waals surface area contributed by atoms with Crippen LogP contribution in [0, 0.1) is 11.8 Å². The summed E-state index contributed by atoms with van der Waals surface area (Å²) in [5, 5.41) is 0. The minimum atomic E-state index is -2.77. The van der Waals surface area contributed by atoms with E-state index in [0.717, 1.165) is 25.7 Å².